The van der Waals surface area contributed by atoms with Crippen LogP contribution >= 0.6 is 0 Å². The van der Waals surface area contributed by atoms with Crippen LogP contribution in [0, 0.1) is 0 Å². The van der Waals surface area contributed by atoms with Crippen molar-refractivity contribution in [3.8, 4) is 0 Å². The SMILES string of the molecule is C(=NCc1ccccc1)NCCCc1ccccc1. The standard InChI is InChI=1S/C17H20N2/c1-3-8-16(9-4-1)12-7-13-18-15-19-14-17-10-5-2-6-11-17/h1-6,8-11,15H,7,12-14H2,(H,18,19). The highest BCUT2D eigenvalue weighted by molar-refractivity contribution is 5.54. The van der Waals surface area contributed by atoms with Crippen LogP contribution in [-0.4, -0.2) is 12.9 Å². The molecule has 2 aromatic carbocycles. The predicted molar refractivity (Wildman–Crippen MR) is 81.4 cm³/mol. The van der Waals surface area contributed by atoms with Crippen molar-refractivity contribution in [1.82, 2.24) is 5.32 Å². The zero-order valence-electron chi connectivity index (χ0n) is 11.1. The summed E-state index contributed by atoms with van der Waals surface area (Å²) in [6.45, 7) is 1.71. The minimum absolute atomic E-state index is 0.743. The van der Waals surface area contributed by atoms with Crippen LogP contribution in [0.25, 0.3) is 0 Å². The maximum Gasteiger partial charge on any atom is 0.0827 e. The lowest BCUT2D eigenvalue weighted by atomic mass is 10.1. The third kappa shape index (κ3) is 5.38. The molecular formula is C17H20N2. The van der Waals surface area contributed by atoms with Crippen molar-refractivity contribution in [2.45, 2.75) is 19.4 Å². The summed E-state index contributed by atoms with van der Waals surface area (Å²) in [7, 11) is 0. The van der Waals surface area contributed by atoms with Crippen LogP contribution in [0.5, 0.6) is 0 Å². The molecule has 0 radical (unpaired) electrons. The van der Waals surface area contributed by atoms with Gasteiger partial charge in [0.25, 0.3) is 0 Å². The van der Waals surface area contributed by atoms with Gasteiger partial charge < -0.3 is 5.32 Å². The van der Waals surface area contributed by atoms with Gasteiger partial charge in [0.15, 0.2) is 0 Å². The molecule has 0 aromatic heterocycles. The van der Waals surface area contributed by atoms with Gasteiger partial charge in [-0.1, -0.05) is 60.7 Å². The molecule has 0 spiro atoms. The van der Waals surface area contributed by atoms with E-state index in [1.54, 1.807) is 0 Å². The van der Waals surface area contributed by atoms with E-state index in [1.807, 2.05) is 24.5 Å². The van der Waals surface area contributed by atoms with Crippen LogP contribution in [0.2, 0.25) is 0 Å². The number of rotatable bonds is 7. The summed E-state index contributed by atoms with van der Waals surface area (Å²) in [5.41, 5.74) is 2.63. The Morgan fingerprint density at radius 2 is 1.47 bits per heavy atom. The van der Waals surface area contributed by atoms with Crippen molar-refractivity contribution in [2.24, 2.45) is 4.99 Å². The second kappa shape index (κ2) is 8.09. The first-order chi connectivity index (χ1) is 9.45. The van der Waals surface area contributed by atoms with Crippen molar-refractivity contribution < 1.29 is 0 Å². The largest absolute Gasteiger partial charge is 0.376 e. The van der Waals surface area contributed by atoms with E-state index in [1.165, 1.54) is 11.1 Å². The van der Waals surface area contributed by atoms with Crippen molar-refractivity contribution >= 4 is 6.34 Å². The first-order valence-corrected chi connectivity index (χ1v) is 6.75. The molecule has 0 saturated heterocycles. The lowest BCUT2D eigenvalue weighted by Crippen LogP contribution is -2.13. The molecule has 2 aromatic rings. The van der Waals surface area contributed by atoms with Gasteiger partial charge in [-0.3, -0.25) is 4.99 Å². The van der Waals surface area contributed by atoms with Gasteiger partial charge in [-0.2, -0.15) is 0 Å². The van der Waals surface area contributed by atoms with E-state index in [0.29, 0.717) is 0 Å². The number of aryl methyl sites for hydroxylation is 1. The molecule has 2 nitrogen and oxygen atoms in total. The topological polar surface area (TPSA) is 24.4 Å². The third-order valence-electron chi connectivity index (χ3n) is 2.93. The Balaban J connectivity index is 1.57. The molecule has 98 valence electrons. The molecule has 0 atom stereocenters. The summed E-state index contributed by atoms with van der Waals surface area (Å²) in [6, 6.07) is 20.9. The number of nitrogens with zero attached hydrogens (tertiary/aromatic N) is 1. The first-order valence-electron chi connectivity index (χ1n) is 6.75. The molecule has 0 unspecified atom stereocenters. The summed E-state index contributed by atoms with van der Waals surface area (Å²) in [5, 5.41) is 3.23. The second-order valence-corrected chi connectivity index (χ2v) is 4.50. The molecule has 1 N–H and O–H groups in total. The maximum atomic E-state index is 4.35. The molecule has 0 aliphatic rings. The predicted octanol–water partition coefficient (Wildman–Crippen LogP) is 3.44. The Labute approximate surface area is 115 Å². The Kier molecular flexibility index (Phi) is 5.68. The summed E-state index contributed by atoms with van der Waals surface area (Å²) in [6.07, 6.45) is 4.06. The van der Waals surface area contributed by atoms with E-state index >= 15 is 0 Å². The van der Waals surface area contributed by atoms with Crippen LogP contribution in [0.3, 0.4) is 0 Å². The van der Waals surface area contributed by atoms with Gasteiger partial charge in [-0.15, -0.1) is 0 Å². The van der Waals surface area contributed by atoms with Crippen molar-refractivity contribution in [1.29, 1.82) is 0 Å². The highest BCUT2D eigenvalue weighted by Gasteiger charge is 1.90. The number of nitrogens with one attached hydrogen (secondary N) is 1. The molecule has 2 heteroatoms. The second-order valence-electron chi connectivity index (χ2n) is 4.50. The minimum Gasteiger partial charge on any atom is -0.376 e. The fraction of sp³-hybridized carbons (Fsp3) is 0.235. The van der Waals surface area contributed by atoms with Gasteiger partial charge in [-0.25, -0.2) is 0 Å². The Hall–Kier alpha value is -2.09. The zero-order valence-corrected chi connectivity index (χ0v) is 11.1. The smallest absolute Gasteiger partial charge is 0.0827 e. The van der Waals surface area contributed by atoms with Crippen LogP contribution in [-0.2, 0) is 13.0 Å². The number of hydrogen-bond acceptors (Lipinski definition) is 1. The number of aliphatic imine (C=N–C) groups is 1. The monoisotopic (exact) mass is 252 g/mol. The van der Waals surface area contributed by atoms with E-state index < -0.39 is 0 Å². The molecule has 0 amide bonds. The zero-order chi connectivity index (χ0) is 13.2. The Bertz CT molecular complexity index is 477. The van der Waals surface area contributed by atoms with Gasteiger partial charge in [0, 0.05) is 6.54 Å². The van der Waals surface area contributed by atoms with E-state index in [9.17, 15) is 0 Å². The van der Waals surface area contributed by atoms with E-state index in [-0.39, 0.29) is 0 Å². The van der Waals surface area contributed by atoms with Crippen molar-refractivity contribution in [3.05, 3.63) is 71.8 Å². The fourth-order valence-electron chi connectivity index (χ4n) is 1.90. The van der Waals surface area contributed by atoms with Crippen LogP contribution in [0.1, 0.15) is 17.5 Å². The average molecular weight is 252 g/mol. The fourth-order valence-corrected chi connectivity index (χ4v) is 1.90. The van der Waals surface area contributed by atoms with Gasteiger partial charge in [0.1, 0.15) is 0 Å². The van der Waals surface area contributed by atoms with E-state index in [4.69, 9.17) is 0 Å². The van der Waals surface area contributed by atoms with Gasteiger partial charge >= 0.3 is 0 Å². The molecule has 2 rings (SSSR count). The van der Waals surface area contributed by atoms with Crippen molar-refractivity contribution in [3.63, 3.8) is 0 Å². The molecule has 0 aliphatic carbocycles. The minimum atomic E-state index is 0.743. The molecule has 0 saturated carbocycles. The Morgan fingerprint density at radius 1 is 0.842 bits per heavy atom. The lowest BCUT2D eigenvalue weighted by Gasteiger charge is -2.01. The molecule has 0 fully saturated rings. The Morgan fingerprint density at radius 3 is 2.16 bits per heavy atom. The number of benzene rings is 2. The average Bonchev–Trinajstić information content (AvgIpc) is 2.48. The normalized spacial score (nSPS) is 10.7. The van der Waals surface area contributed by atoms with E-state index in [2.05, 4.69) is 52.8 Å². The number of hydrogen-bond donors (Lipinski definition) is 1. The van der Waals surface area contributed by atoms with Crippen molar-refractivity contribution in [2.75, 3.05) is 6.54 Å². The molecule has 19 heavy (non-hydrogen) atoms. The van der Waals surface area contributed by atoms with E-state index in [0.717, 1.165) is 25.9 Å². The summed E-state index contributed by atoms with van der Waals surface area (Å²) in [4.78, 5) is 4.35. The summed E-state index contributed by atoms with van der Waals surface area (Å²) >= 11 is 0. The maximum absolute atomic E-state index is 4.35. The van der Waals surface area contributed by atoms with Crippen LogP contribution < -0.4 is 5.32 Å². The lowest BCUT2D eigenvalue weighted by molar-refractivity contribution is 0.778. The summed E-state index contributed by atoms with van der Waals surface area (Å²) in [5.74, 6) is 0. The molecule has 0 bridgehead atoms. The van der Waals surface area contributed by atoms with Crippen LogP contribution in [0.4, 0.5) is 0 Å². The molecule has 0 aliphatic heterocycles. The summed E-state index contributed by atoms with van der Waals surface area (Å²) < 4.78 is 0. The van der Waals surface area contributed by atoms with Gasteiger partial charge in [0.05, 0.1) is 12.9 Å². The van der Waals surface area contributed by atoms with Gasteiger partial charge in [0.2, 0.25) is 0 Å². The quantitative estimate of drug-likeness (QED) is 0.455. The van der Waals surface area contributed by atoms with Crippen LogP contribution in [0.15, 0.2) is 65.7 Å². The van der Waals surface area contributed by atoms with Gasteiger partial charge in [-0.05, 0) is 24.0 Å². The highest BCUT2D eigenvalue weighted by atomic mass is 14.9. The molecular weight excluding hydrogens is 232 g/mol. The first kappa shape index (κ1) is 13.3. The highest BCUT2D eigenvalue weighted by Crippen LogP contribution is 2.01. The third-order valence-corrected chi connectivity index (χ3v) is 2.93. The molecule has 0 heterocycles.